The summed E-state index contributed by atoms with van der Waals surface area (Å²) in [5, 5.41) is 18.1. The summed E-state index contributed by atoms with van der Waals surface area (Å²) in [5.41, 5.74) is -0.780. The highest BCUT2D eigenvalue weighted by molar-refractivity contribution is 5.87. The maximum absolute atomic E-state index is 11.6. The second-order valence-corrected chi connectivity index (χ2v) is 6.36. The predicted octanol–water partition coefficient (Wildman–Crippen LogP) is 1.80. The fourth-order valence-electron chi connectivity index (χ4n) is 1.94. The molecule has 2 N–H and O–H groups in total. The number of carboxylic acids is 2. The topological polar surface area (TPSA) is 127 Å². The van der Waals surface area contributed by atoms with Crippen molar-refractivity contribution < 1.29 is 38.9 Å². The van der Waals surface area contributed by atoms with Crippen LogP contribution in [-0.2, 0) is 28.7 Å². The molecule has 0 amide bonds. The van der Waals surface area contributed by atoms with Gasteiger partial charge in [-0.25, -0.2) is 9.59 Å². The standard InChI is InChI=1S/C17H24O8/c1-10(2)15(22)24-8-17(5,9-25-16(23)11(3)4)7-12(14(20)21)6-13(18)19/h12H,1,3,6-9H2,2,4-5H3,(H,18,19)(H,20,21). The van der Waals surface area contributed by atoms with Gasteiger partial charge in [0.2, 0.25) is 0 Å². The zero-order valence-corrected chi connectivity index (χ0v) is 14.7. The van der Waals surface area contributed by atoms with Gasteiger partial charge in [0, 0.05) is 16.6 Å². The molecule has 0 saturated heterocycles. The summed E-state index contributed by atoms with van der Waals surface area (Å²) in [7, 11) is 0. The molecule has 1 unspecified atom stereocenters. The number of aliphatic carboxylic acids is 2. The summed E-state index contributed by atoms with van der Waals surface area (Å²) >= 11 is 0. The monoisotopic (exact) mass is 356 g/mol. The van der Waals surface area contributed by atoms with Crippen LogP contribution < -0.4 is 0 Å². The van der Waals surface area contributed by atoms with Crippen LogP contribution in [0.15, 0.2) is 24.3 Å². The number of carboxylic acid groups (broad SMARTS) is 2. The van der Waals surface area contributed by atoms with E-state index in [9.17, 15) is 24.3 Å². The van der Waals surface area contributed by atoms with Crippen molar-refractivity contribution in [3.63, 3.8) is 0 Å². The predicted molar refractivity (Wildman–Crippen MR) is 87.6 cm³/mol. The molecule has 0 bridgehead atoms. The highest BCUT2D eigenvalue weighted by atomic mass is 16.5. The van der Waals surface area contributed by atoms with E-state index < -0.39 is 41.6 Å². The number of hydrogen-bond acceptors (Lipinski definition) is 6. The Morgan fingerprint density at radius 3 is 1.64 bits per heavy atom. The van der Waals surface area contributed by atoms with E-state index >= 15 is 0 Å². The molecule has 1 atom stereocenters. The lowest BCUT2D eigenvalue weighted by molar-refractivity contribution is -0.154. The van der Waals surface area contributed by atoms with Crippen LogP contribution in [0.5, 0.6) is 0 Å². The average molecular weight is 356 g/mol. The van der Waals surface area contributed by atoms with Gasteiger partial charge in [0.15, 0.2) is 0 Å². The Balaban J connectivity index is 5.25. The molecule has 0 aromatic rings. The second-order valence-electron chi connectivity index (χ2n) is 6.36. The zero-order chi connectivity index (χ0) is 19.8. The van der Waals surface area contributed by atoms with Crippen LogP contribution in [0.1, 0.15) is 33.6 Å². The van der Waals surface area contributed by atoms with E-state index in [1.165, 1.54) is 13.8 Å². The molecule has 8 heteroatoms. The second kappa shape index (κ2) is 9.61. The van der Waals surface area contributed by atoms with Crippen LogP contribution in [0.4, 0.5) is 0 Å². The van der Waals surface area contributed by atoms with Gasteiger partial charge in [-0.3, -0.25) is 9.59 Å². The van der Waals surface area contributed by atoms with Gasteiger partial charge in [-0.05, 0) is 20.3 Å². The van der Waals surface area contributed by atoms with E-state index in [0.717, 1.165) is 0 Å². The first-order chi connectivity index (χ1) is 11.4. The third kappa shape index (κ3) is 8.69. The first-order valence-corrected chi connectivity index (χ1v) is 7.48. The molecule has 0 radical (unpaired) electrons. The molecule has 25 heavy (non-hydrogen) atoms. The maximum atomic E-state index is 11.6. The molecule has 0 aromatic heterocycles. The molecule has 0 aromatic carbocycles. The van der Waals surface area contributed by atoms with Crippen molar-refractivity contribution in [2.75, 3.05) is 13.2 Å². The molecule has 0 saturated carbocycles. The highest BCUT2D eigenvalue weighted by Gasteiger charge is 2.35. The summed E-state index contributed by atoms with van der Waals surface area (Å²) in [4.78, 5) is 45.3. The van der Waals surface area contributed by atoms with Crippen LogP contribution >= 0.6 is 0 Å². The smallest absolute Gasteiger partial charge is 0.333 e. The van der Waals surface area contributed by atoms with Gasteiger partial charge < -0.3 is 19.7 Å². The molecule has 8 nitrogen and oxygen atoms in total. The zero-order valence-electron chi connectivity index (χ0n) is 14.7. The van der Waals surface area contributed by atoms with Crippen molar-refractivity contribution in [3.05, 3.63) is 24.3 Å². The van der Waals surface area contributed by atoms with Gasteiger partial charge in [-0.2, -0.15) is 0 Å². The average Bonchev–Trinajstić information content (AvgIpc) is 2.49. The number of carbonyl (C=O) groups excluding carboxylic acids is 2. The summed E-state index contributed by atoms with van der Waals surface area (Å²) in [6.45, 7) is 10.8. The lowest BCUT2D eigenvalue weighted by Crippen LogP contribution is -2.36. The third-order valence-corrected chi connectivity index (χ3v) is 3.31. The van der Waals surface area contributed by atoms with Gasteiger partial charge in [0.05, 0.1) is 12.3 Å². The minimum Gasteiger partial charge on any atom is -0.481 e. The lowest BCUT2D eigenvalue weighted by Gasteiger charge is -2.30. The Bertz CT molecular complexity index is 545. The Morgan fingerprint density at radius 2 is 1.36 bits per heavy atom. The summed E-state index contributed by atoms with van der Waals surface area (Å²) in [6, 6.07) is 0. The quantitative estimate of drug-likeness (QED) is 0.424. The van der Waals surface area contributed by atoms with Crippen molar-refractivity contribution in [1.82, 2.24) is 0 Å². The minimum absolute atomic E-state index is 0.154. The fraction of sp³-hybridized carbons (Fsp3) is 0.529. The Kier molecular flexibility index (Phi) is 8.59. The summed E-state index contributed by atoms with van der Waals surface area (Å²) < 4.78 is 10.1. The first-order valence-electron chi connectivity index (χ1n) is 7.48. The number of ether oxygens (including phenoxy) is 2. The molecule has 0 heterocycles. The van der Waals surface area contributed by atoms with Crippen LogP contribution in [0.3, 0.4) is 0 Å². The van der Waals surface area contributed by atoms with E-state index in [1.54, 1.807) is 6.92 Å². The number of rotatable bonds is 11. The molecule has 0 aliphatic rings. The lowest BCUT2D eigenvalue weighted by atomic mass is 9.81. The molecule has 140 valence electrons. The van der Waals surface area contributed by atoms with E-state index in [2.05, 4.69) is 13.2 Å². The van der Waals surface area contributed by atoms with Crippen molar-refractivity contribution >= 4 is 23.9 Å². The molecule has 0 rings (SSSR count). The molecule has 0 fully saturated rings. The van der Waals surface area contributed by atoms with Gasteiger partial charge in [0.25, 0.3) is 0 Å². The number of esters is 2. The van der Waals surface area contributed by atoms with E-state index in [4.69, 9.17) is 14.6 Å². The van der Waals surface area contributed by atoms with E-state index in [1.807, 2.05) is 0 Å². The van der Waals surface area contributed by atoms with Gasteiger partial charge in [-0.1, -0.05) is 20.1 Å². The molecule has 0 spiro atoms. The van der Waals surface area contributed by atoms with Crippen LogP contribution in [0.25, 0.3) is 0 Å². The minimum atomic E-state index is -1.30. The number of hydrogen-bond donors (Lipinski definition) is 2. The molecular weight excluding hydrogens is 332 g/mol. The highest BCUT2D eigenvalue weighted by Crippen LogP contribution is 2.30. The third-order valence-electron chi connectivity index (χ3n) is 3.31. The SMILES string of the molecule is C=C(C)C(=O)OCC(C)(COC(=O)C(=C)C)CC(CC(=O)O)C(=O)O. The summed E-state index contributed by atoms with van der Waals surface area (Å²) in [6.07, 6.45) is -0.768. The van der Waals surface area contributed by atoms with Crippen molar-refractivity contribution in [3.8, 4) is 0 Å². The van der Waals surface area contributed by atoms with E-state index in [0.29, 0.717) is 0 Å². The maximum Gasteiger partial charge on any atom is 0.333 e. The Labute approximate surface area is 146 Å². The van der Waals surface area contributed by atoms with Crippen molar-refractivity contribution in [2.24, 2.45) is 11.3 Å². The van der Waals surface area contributed by atoms with Crippen LogP contribution in [0.2, 0.25) is 0 Å². The van der Waals surface area contributed by atoms with Crippen LogP contribution in [-0.4, -0.2) is 47.3 Å². The normalized spacial score (nSPS) is 12.0. The molecule has 0 aliphatic carbocycles. The molecular formula is C17H24O8. The van der Waals surface area contributed by atoms with Crippen molar-refractivity contribution in [1.29, 1.82) is 0 Å². The Morgan fingerprint density at radius 1 is 0.960 bits per heavy atom. The fourth-order valence-corrected chi connectivity index (χ4v) is 1.94. The first kappa shape index (κ1) is 22.4. The van der Waals surface area contributed by atoms with Crippen molar-refractivity contribution in [2.45, 2.75) is 33.6 Å². The van der Waals surface area contributed by atoms with Gasteiger partial charge >= 0.3 is 23.9 Å². The molecule has 0 aliphatic heterocycles. The Hall–Kier alpha value is -2.64. The van der Waals surface area contributed by atoms with E-state index in [-0.39, 0.29) is 30.8 Å². The number of carbonyl (C=O) groups is 4. The summed E-state index contributed by atoms with van der Waals surface area (Å²) in [5.74, 6) is -5.15. The van der Waals surface area contributed by atoms with Gasteiger partial charge in [-0.15, -0.1) is 0 Å². The van der Waals surface area contributed by atoms with Gasteiger partial charge in [0.1, 0.15) is 13.2 Å². The van der Waals surface area contributed by atoms with Crippen LogP contribution in [0, 0.1) is 11.3 Å². The largest absolute Gasteiger partial charge is 0.481 e.